The van der Waals surface area contributed by atoms with Crippen molar-refractivity contribution in [1.29, 1.82) is 0 Å². The topological polar surface area (TPSA) is 32.3 Å². The summed E-state index contributed by atoms with van der Waals surface area (Å²) in [4.78, 5) is 2.57. The van der Waals surface area contributed by atoms with E-state index in [2.05, 4.69) is 32.2 Å². The first kappa shape index (κ1) is 15.0. The van der Waals surface area contributed by atoms with E-state index in [0.29, 0.717) is 5.56 Å². The summed E-state index contributed by atoms with van der Waals surface area (Å²) in [6.07, 6.45) is 0. The molecule has 0 fully saturated rings. The summed E-state index contributed by atoms with van der Waals surface area (Å²) in [6.45, 7) is 8.21. The predicted octanol–water partition coefficient (Wildman–Crippen LogP) is 4.62. The van der Waals surface area contributed by atoms with E-state index < -0.39 is 0 Å². The number of rotatable bonds is 4. The molecule has 0 saturated carbocycles. The van der Waals surface area contributed by atoms with Gasteiger partial charge in [-0.2, -0.15) is 0 Å². The fraction of sp³-hybridized carbons (Fsp3) is 0.375. The number of aryl methyl sites for hydroxylation is 2. The zero-order valence-electron chi connectivity index (χ0n) is 12.2. The molecule has 1 aromatic heterocycles. The Morgan fingerprint density at radius 1 is 1.10 bits per heavy atom. The van der Waals surface area contributed by atoms with E-state index in [-0.39, 0.29) is 23.7 Å². The van der Waals surface area contributed by atoms with Gasteiger partial charge in [0.25, 0.3) is 0 Å². The summed E-state index contributed by atoms with van der Waals surface area (Å²) in [5.41, 5.74) is 1.84. The van der Waals surface area contributed by atoms with E-state index in [0.717, 1.165) is 0 Å². The molecule has 0 aliphatic carbocycles. The summed E-state index contributed by atoms with van der Waals surface area (Å²) < 4.78 is 13.3. The Kier molecular flexibility index (Phi) is 4.45. The number of nitrogens with one attached hydrogen (secondary N) is 1. The van der Waals surface area contributed by atoms with Crippen LogP contribution in [0.3, 0.4) is 0 Å². The zero-order chi connectivity index (χ0) is 14.9. The lowest BCUT2D eigenvalue weighted by atomic mass is 10.0. The first-order valence-electron chi connectivity index (χ1n) is 6.70. The average Bonchev–Trinajstić information content (AvgIpc) is 2.71. The third-order valence-electron chi connectivity index (χ3n) is 3.50. The summed E-state index contributed by atoms with van der Waals surface area (Å²) in [7, 11) is 0. The van der Waals surface area contributed by atoms with Crippen LogP contribution < -0.4 is 5.32 Å². The summed E-state index contributed by atoms with van der Waals surface area (Å²) >= 11 is 1.78. The third-order valence-corrected chi connectivity index (χ3v) is 4.48. The van der Waals surface area contributed by atoms with E-state index in [4.69, 9.17) is 0 Å². The standard InChI is InChI=1S/C16H20FNOS/c1-9-7-14(12(4)20-9)10(2)18-11(3)15-8-13(17)5-6-16(15)19/h5-8,10-11,18-19H,1-4H3. The van der Waals surface area contributed by atoms with Crippen LogP contribution in [0, 0.1) is 19.7 Å². The average molecular weight is 293 g/mol. The second-order valence-corrected chi connectivity index (χ2v) is 6.64. The minimum atomic E-state index is -0.332. The molecule has 4 heteroatoms. The highest BCUT2D eigenvalue weighted by molar-refractivity contribution is 7.12. The molecule has 0 bridgehead atoms. The van der Waals surface area contributed by atoms with Gasteiger partial charge in [-0.3, -0.25) is 0 Å². The largest absolute Gasteiger partial charge is 0.508 e. The van der Waals surface area contributed by atoms with Crippen molar-refractivity contribution in [2.45, 2.75) is 39.8 Å². The van der Waals surface area contributed by atoms with Gasteiger partial charge in [0.1, 0.15) is 11.6 Å². The van der Waals surface area contributed by atoms with Crippen LogP contribution in [-0.4, -0.2) is 5.11 Å². The van der Waals surface area contributed by atoms with Crippen molar-refractivity contribution < 1.29 is 9.50 Å². The molecule has 0 aliphatic heterocycles. The Balaban J connectivity index is 2.17. The van der Waals surface area contributed by atoms with Crippen LogP contribution in [0.5, 0.6) is 5.75 Å². The molecule has 2 rings (SSSR count). The Labute approximate surface area is 123 Å². The molecule has 0 radical (unpaired) electrons. The minimum Gasteiger partial charge on any atom is -0.508 e. The van der Waals surface area contributed by atoms with Crippen LogP contribution in [0.4, 0.5) is 4.39 Å². The maximum atomic E-state index is 13.3. The lowest BCUT2D eigenvalue weighted by Gasteiger charge is -2.21. The van der Waals surface area contributed by atoms with Crippen molar-refractivity contribution in [3.05, 3.63) is 51.0 Å². The normalized spacial score (nSPS) is 14.2. The molecular weight excluding hydrogens is 273 g/mol. The van der Waals surface area contributed by atoms with Gasteiger partial charge in [0, 0.05) is 27.4 Å². The fourth-order valence-corrected chi connectivity index (χ4v) is 3.53. The molecule has 108 valence electrons. The summed E-state index contributed by atoms with van der Waals surface area (Å²) in [5.74, 6) is -0.210. The number of thiophene rings is 1. The number of hydrogen-bond donors (Lipinski definition) is 2. The highest BCUT2D eigenvalue weighted by atomic mass is 32.1. The van der Waals surface area contributed by atoms with E-state index in [9.17, 15) is 9.50 Å². The van der Waals surface area contributed by atoms with Gasteiger partial charge < -0.3 is 10.4 Å². The molecule has 2 nitrogen and oxygen atoms in total. The first-order valence-corrected chi connectivity index (χ1v) is 7.51. The summed E-state index contributed by atoms with van der Waals surface area (Å²) in [5, 5.41) is 13.3. The SMILES string of the molecule is Cc1cc(C(C)NC(C)c2cc(F)ccc2O)c(C)s1. The lowest BCUT2D eigenvalue weighted by molar-refractivity contribution is 0.435. The molecular formula is C16H20FNOS. The van der Waals surface area contributed by atoms with Crippen molar-refractivity contribution in [2.24, 2.45) is 0 Å². The second-order valence-electron chi connectivity index (χ2n) is 5.18. The molecule has 0 amide bonds. The van der Waals surface area contributed by atoms with Crippen LogP contribution >= 0.6 is 11.3 Å². The van der Waals surface area contributed by atoms with Gasteiger partial charge >= 0.3 is 0 Å². The monoisotopic (exact) mass is 293 g/mol. The number of halogens is 1. The molecule has 1 heterocycles. The second kappa shape index (κ2) is 5.94. The van der Waals surface area contributed by atoms with Gasteiger partial charge in [0.2, 0.25) is 0 Å². The Morgan fingerprint density at radius 2 is 1.75 bits per heavy atom. The lowest BCUT2D eigenvalue weighted by Crippen LogP contribution is -2.22. The van der Waals surface area contributed by atoms with Gasteiger partial charge in [-0.05, 0) is 57.5 Å². The minimum absolute atomic E-state index is 0.122. The van der Waals surface area contributed by atoms with Crippen LogP contribution in [-0.2, 0) is 0 Å². The van der Waals surface area contributed by atoms with Crippen molar-refractivity contribution in [3.63, 3.8) is 0 Å². The van der Waals surface area contributed by atoms with Crippen molar-refractivity contribution >= 4 is 11.3 Å². The molecule has 2 unspecified atom stereocenters. The van der Waals surface area contributed by atoms with Crippen LogP contribution in [0.1, 0.15) is 46.8 Å². The van der Waals surface area contributed by atoms with E-state index in [1.807, 2.05) is 6.92 Å². The van der Waals surface area contributed by atoms with Crippen LogP contribution in [0.2, 0.25) is 0 Å². The predicted molar refractivity (Wildman–Crippen MR) is 81.8 cm³/mol. The maximum Gasteiger partial charge on any atom is 0.123 e. The molecule has 0 spiro atoms. The van der Waals surface area contributed by atoms with Gasteiger partial charge in [-0.25, -0.2) is 4.39 Å². The van der Waals surface area contributed by atoms with Gasteiger partial charge in [-0.15, -0.1) is 11.3 Å². The van der Waals surface area contributed by atoms with Crippen molar-refractivity contribution in [2.75, 3.05) is 0 Å². The molecule has 0 saturated heterocycles. The number of hydrogen-bond acceptors (Lipinski definition) is 3. The molecule has 2 N–H and O–H groups in total. The fourth-order valence-electron chi connectivity index (χ4n) is 2.51. The summed E-state index contributed by atoms with van der Waals surface area (Å²) in [6, 6.07) is 6.24. The van der Waals surface area contributed by atoms with E-state index >= 15 is 0 Å². The highest BCUT2D eigenvalue weighted by Gasteiger charge is 2.17. The Bertz CT molecular complexity index is 609. The highest BCUT2D eigenvalue weighted by Crippen LogP contribution is 2.30. The van der Waals surface area contributed by atoms with Gasteiger partial charge in [-0.1, -0.05) is 0 Å². The molecule has 20 heavy (non-hydrogen) atoms. The van der Waals surface area contributed by atoms with Gasteiger partial charge in [0.05, 0.1) is 0 Å². The number of phenolic OH excluding ortho intramolecular Hbond substituents is 1. The van der Waals surface area contributed by atoms with Crippen molar-refractivity contribution in [3.8, 4) is 5.75 Å². The number of phenols is 1. The first-order chi connectivity index (χ1) is 9.38. The quantitative estimate of drug-likeness (QED) is 0.862. The number of aromatic hydroxyl groups is 1. The Hall–Kier alpha value is -1.39. The van der Waals surface area contributed by atoms with Crippen molar-refractivity contribution in [1.82, 2.24) is 5.32 Å². The smallest absolute Gasteiger partial charge is 0.123 e. The van der Waals surface area contributed by atoms with Gasteiger partial charge in [0.15, 0.2) is 0 Å². The van der Waals surface area contributed by atoms with Crippen LogP contribution in [0.25, 0.3) is 0 Å². The van der Waals surface area contributed by atoms with E-state index in [1.165, 1.54) is 33.5 Å². The van der Waals surface area contributed by atoms with E-state index in [1.54, 1.807) is 11.3 Å². The Morgan fingerprint density at radius 3 is 2.35 bits per heavy atom. The third kappa shape index (κ3) is 3.19. The van der Waals surface area contributed by atoms with Crippen LogP contribution in [0.15, 0.2) is 24.3 Å². The number of benzene rings is 1. The molecule has 0 aliphatic rings. The molecule has 1 aromatic carbocycles. The molecule has 2 atom stereocenters. The molecule has 2 aromatic rings. The maximum absolute atomic E-state index is 13.3. The zero-order valence-corrected chi connectivity index (χ0v) is 13.0.